The Morgan fingerprint density at radius 2 is 2.21 bits per heavy atom. The van der Waals surface area contributed by atoms with Crippen LogP contribution < -0.4 is 0 Å². The molecule has 0 radical (unpaired) electrons. The van der Waals surface area contributed by atoms with E-state index in [0.29, 0.717) is 5.92 Å². The second-order valence-electron chi connectivity index (χ2n) is 3.76. The number of aromatic nitrogens is 3. The van der Waals surface area contributed by atoms with E-state index in [1.165, 1.54) is 0 Å². The van der Waals surface area contributed by atoms with E-state index >= 15 is 0 Å². The summed E-state index contributed by atoms with van der Waals surface area (Å²) in [6.45, 7) is 6.42. The van der Waals surface area contributed by atoms with E-state index in [2.05, 4.69) is 36.8 Å². The van der Waals surface area contributed by atoms with Crippen LogP contribution in [0.15, 0.2) is 18.5 Å². The van der Waals surface area contributed by atoms with Crippen molar-refractivity contribution in [3.05, 3.63) is 30.0 Å². The van der Waals surface area contributed by atoms with Crippen molar-refractivity contribution in [2.45, 2.75) is 33.1 Å². The summed E-state index contributed by atoms with van der Waals surface area (Å²) in [4.78, 5) is 8.91. The topological polar surface area (TPSA) is 30.2 Å². The van der Waals surface area contributed by atoms with Gasteiger partial charge >= 0.3 is 0 Å². The fourth-order valence-electron chi connectivity index (χ4n) is 1.55. The van der Waals surface area contributed by atoms with Crippen molar-refractivity contribution >= 4 is 5.65 Å². The minimum atomic E-state index is 0.460. The maximum Gasteiger partial charge on any atom is 0.139 e. The molecule has 0 atom stereocenters. The summed E-state index contributed by atoms with van der Waals surface area (Å²) in [6.07, 6.45) is 4.72. The van der Waals surface area contributed by atoms with E-state index in [4.69, 9.17) is 0 Å². The van der Waals surface area contributed by atoms with E-state index in [1.807, 2.05) is 16.8 Å². The molecule has 0 saturated heterocycles. The van der Waals surface area contributed by atoms with Crippen LogP contribution in [0.5, 0.6) is 0 Å². The molecule has 2 aromatic heterocycles. The zero-order valence-electron chi connectivity index (χ0n) is 8.86. The third kappa shape index (κ3) is 1.39. The molecule has 0 aromatic carbocycles. The molecule has 0 saturated carbocycles. The highest BCUT2D eigenvalue weighted by Gasteiger charge is 2.07. The molecule has 0 amide bonds. The molecule has 0 N–H and O–H groups in total. The summed E-state index contributed by atoms with van der Waals surface area (Å²) in [6, 6.07) is 2.06. The molecule has 0 fully saturated rings. The lowest BCUT2D eigenvalue weighted by molar-refractivity contribution is 0.778. The Hall–Kier alpha value is -1.38. The van der Waals surface area contributed by atoms with Crippen LogP contribution in [0.1, 0.15) is 38.2 Å². The normalized spacial score (nSPS) is 11.4. The number of rotatable bonds is 2. The zero-order chi connectivity index (χ0) is 10.1. The maximum absolute atomic E-state index is 4.61. The minimum Gasteiger partial charge on any atom is -0.288 e. The van der Waals surface area contributed by atoms with Crippen molar-refractivity contribution in [1.29, 1.82) is 0 Å². The highest BCUT2D eigenvalue weighted by atomic mass is 15.1. The molecule has 0 spiro atoms. The smallest absolute Gasteiger partial charge is 0.139 e. The SMILES string of the molecule is CCc1nc(C(C)C)cc2nccn12. The summed E-state index contributed by atoms with van der Waals surface area (Å²) in [7, 11) is 0. The molecular formula is C11H15N3. The van der Waals surface area contributed by atoms with Crippen LogP contribution in [0.2, 0.25) is 0 Å². The fraction of sp³-hybridized carbons (Fsp3) is 0.455. The molecule has 3 nitrogen and oxygen atoms in total. The quantitative estimate of drug-likeness (QED) is 0.726. The Morgan fingerprint density at radius 1 is 1.43 bits per heavy atom. The molecule has 2 aromatic rings. The monoisotopic (exact) mass is 189 g/mol. The van der Waals surface area contributed by atoms with Crippen LogP contribution in [-0.2, 0) is 6.42 Å². The van der Waals surface area contributed by atoms with Gasteiger partial charge in [0.1, 0.15) is 11.5 Å². The lowest BCUT2D eigenvalue weighted by atomic mass is 10.1. The van der Waals surface area contributed by atoms with Crippen molar-refractivity contribution in [2.24, 2.45) is 0 Å². The largest absolute Gasteiger partial charge is 0.288 e. The standard InChI is InChI=1S/C11H15N3/c1-4-10-13-9(8(2)3)7-11-12-5-6-14(10)11/h5-8H,4H2,1-3H3. The first kappa shape index (κ1) is 9.19. The zero-order valence-corrected chi connectivity index (χ0v) is 8.86. The maximum atomic E-state index is 4.61. The molecule has 0 bridgehead atoms. The van der Waals surface area contributed by atoms with Gasteiger partial charge in [-0.15, -0.1) is 0 Å². The highest BCUT2D eigenvalue weighted by molar-refractivity contribution is 5.40. The van der Waals surface area contributed by atoms with Gasteiger partial charge in [-0.25, -0.2) is 9.97 Å². The minimum absolute atomic E-state index is 0.460. The van der Waals surface area contributed by atoms with Gasteiger partial charge in [0.05, 0.1) is 0 Å². The number of hydrogen-bond acceptors (Lipinski definition) is 2. The summed E-state index contributed by atoms with van der Waals surface area (Å²) in [5, 5.41) is 0. The third-order valence-electron chi connectivity index (χ3n) is 2.39. The van der Waals surface area contributed by atoms with Gasteiger partial charge in [-0.1, -0.05) is 20.8 Å². The van der Waals surface area contributed by atoms with Crippen LogP contribution in [-0.4, -0.2) is 14.4 Å². The summed E-state index contributed by atoms with van der Waals surface area (Å²) < 4.78 is 2.05. The van der Waals surface area contributed by atoms with Crippen molar-refractivity contribution in [3.63, 3.8) is 0 Å². The molecule has 2 heterocycles. The van der Waals surface area contributed by atoms with Crippen LogP contribution in [0.25, 0.3) is 5.65 Å². The van der Waals surface area contributed by atoms with E-state index in [-0.39, 0.29) is 0 Å². The predicted octanol–water partition coefficient (Wildman–Crippen LogP) is 2.42. The summed E-state index contributed by atoms with van der Waals surface area (Å²) in [5.74, 6) is 1.55. The van der Waals surface area contributed by atoms with Crippen molar-refractivity contribution in [1.82, 2.24) is 14.4 Å². The second kappa shape index (κ2) is 3.40. The predicted molar refractivity (Wildman–Crippen MR) is 56.5 cm³/mol. The molecule has 74 valence electrons. The average Bonchev–Trinajstić information content (AvgIpc) is 2.63. The second-order valence-corrected chi connectivity index (χ2v) is 3.76. The lowest BCUT2D eigenvalue weighted by Crippen LogP contribution is -2.03. The first-order valence-electron chi connectivity index (χ1n) is 5.05. The van der Waals surface area contributed by atoms with Gasteiger partial charge < -0.3 is 0 Å². The van der Waals surface area contributed by atoms with Gasteiger partial charge in [-0.05, 0) is 5.92 Å². The number of hydrogen-bond donors (Lipinski definition) is 0. The summed E-state index contributed by atoms with van der Waals surface area (Å²) >= 11 is 0. The van der Waals surface area contributed by atoms with E-state index in [0.717, 1.165) is 23.6 Å². The molecule has 0 aliphatic rings. The highest BCUT2D eigenvalue weighted by Crippen LogP contribution is 2.15. The lowest BCUT2D eigenvalue weighted by Gasteiger charge is -2.08. The van der Waals surface area contributed by atoms with Gasteiger partial charge in [0.15, 0.2) is 0 Å². The molecule has 0 aliphatic carbocycles. The molecular weight excluding hydrogens is 174 g/mol. The molecule has 0 aliphatic heterocycles. The molecule has 2 rings (SSSR count). The van der Waals surface area contributed by atoms with Gasteiger partial charge in [-0.3, -0.25) is 4.40 Å². The number of nitrogens with zero attached hydrogens (tertiary/aromatic N) is 3. The van der Waals surface area contributed by atoms with Crippen molar-refractivity contribution in [3.8, 4) is 0 Å². The number of fused-ring (bicyclic) bond motifs is 1. The van der Waals surface area contributed by atoms with E-state index in [9.17, 15) is 0 Å². The van der Waals surface area contributed by atoms with Crippen LogP contribution in [0.3, 0.4) is 0 Å². The van der Waals surface area contributed by atoms with Crippen molar-refractivity contribution < 1.29 is 0 Å². The van der Waals surface area contributed by atoms with Gasteiger partial charge in [0, 0.05) is 30.6 Å². The molecule has 0 unspecified atom stereocenters. The number of imidazole rings is 1. The Morgan fingerprint density at radius 3 is 2.86 bits per heavy atom. The van der Waals surface area contributed by atoms with Gasteiger partial charge in [-0.2, -0.15) is 0 Å². The Bertz CT molecular complexity index is 443. The molecule has 3 heteroatoms. The Balaban J connectivity index is 2.67. The Kier molecular flexibility index (Phi) is 2.23. The average molecular weight is 189 g/mol. The molecule has 14 heavy (non-hydrogen) atoms. The van der Waals surface area contributed by atoms with E-state index < -0.39 is 0 Å². The Labute approximate surface area is 83.8 Å². The van der Waals surface area contributed by atoms with Gasteiger partial charge in [0.2, 0.25) is 0 Å². The van der Waals surface area contributed by atoms with E-state index in [1.54, 1.807) is 0 Å². The fourth-order valence-corrected chi connectivity index (χ4v) is 1.55. The number of aryl methyl sites for hydroxylation is 1. The van der Waals surface area contributed by atoms with Crippen LogP contribution in [0, 0.1) is 0 Å². The first-order valence-corrected chi connectivity index (χ1v) is 5.05. The summed E-state index contributed by atoms with van der Waals surface area (Å²) in [5.41, 5.74) is 2.13. The first-order chi connectivity index (χ1) is 6.72. The van der Waals surface area contributed by atoms with Crippen molar-refractivity contribution in [2.75, 3.05) is 0 Å². The van der Waals surface area contributed by atoms with Crippen LogP contribution in [0.4, 0.5) is 0 Å². The third-order valence-corrected chi connectivity index (χ3v) is 2.39. The van der Waals surface area contributed by atoms with Gasteiger partial charge in [0.25, 0.3) is 0 Å². The van der Waals surface area contributed by atoms with Crippen LogP contribution >= 0.6 is 0 Å².